The Balaban J connectivity index is 1.94. The zero-order valence-electron chi connectivity index (χ0n) is 18.8. The van der Waals surface area contributed by atoms with E-state index in [2.05, 4.69) is 10.2 Å². The quantitative estimate of drug-likeness (QED) is 0.631. The Labute approximate surface area is 183 Å². The van der Waals surface area contributed by atoms with Crippen LogP contribution in [-0.4, -0.2) is 41.1 Å². The number of amides is 1. The van der Waals surface area contributed by atoms with Crippen LogP contribution >= 0.6 is 7.59 Å². The first-order chi connectivity index (χ1) is 14.5. The third kappa shape index (κ3) is 4.54. The Bertz CT molecular complexity index is 824. The number of hydrogen-bond acceptors (Lipinski definition) is 8. The number of nitrogens with one attached hydrogen (secondary N) is 2. The van der Waals surface area contributed by atoms with Gasteiger partial charge >= 0.3 is 183 Å². The van der Waals surface area contributed by atoms with E-state index in [1.54, 1.807) is 0 Å². The normalized spacial score (nSPS) is 25.4. The van der Waals surface area contributed by atoms with Gasteiger partial charge in [0.15, 0.2) is 0 Å². The molecule has 2 aliphatic rings. The number of rotatable bonds is 6. The van der Waals surface area contributed by atoms with Crippen molar-refractivity contribution >= 4 is 25.6 Å². The topological polar surface area (TPSA) is 106 Å². The van der Waals surface area contributed by atoms with Crippen LogP contribution in [0, 0.1) is 11.8 Å². The zero-order chi connectivity index (χ0) is 23.0. The predicted molar refractivity (Wildman–Crippen MR) is 116 cm³/mol. The average Bonchev–Trinajstić information content (AvgIpc) is 3.13. The summed E-state index contributed by atoms with van der Waals surface area (Å²) >= 11 is 0. The molecule has 1 aromatic carbocycles. The molecule has 1 spiro atoms. The van der Waals surface area contributed by atoms with Crippen molar-refractivity contribution in [1.82, 2.24) is 15.1 Å². The molecule has 0 aliphatic carbocycles. The Kier molecular flexibility index (Phi) is 6.33. The van der Waals surface area contributed by atoms with Crippen LogP contribution in [-0.2, 0) is 29.7 Å². The van der Waals surface area contributed by atoms with Gasteiger partial charge < -0.3 is 0 Å². The molecule has 0 aromatic heterocycles. The third-order valence-electron chi connectivity index (χ3n) is 5.37. The molecule has 2 N–H and O–H groups in total. The number of hydrogen-bond donors (Lipinski definition) is 2. The van der Waals surface area contributed by atoms with E-state index in [4.69, 9.17) is 13.6 Å². The molecule has 2 atom stereocenters. The van der Waals surface area contributed by atoms with Gasteiger partial charge in [-0.2, -0.15) is 0 Å². The van der Waals surface area contributed by atoms with Gasteiger partial charge in [-0.3, -0.25) is 0 Å². The van der Waals surface area contributed by atoms with E-state index in [-0.39, 0.29) is 24.4 Å². The van der Waals surface area contributed by atoms with Crippen molar-refractivity contribution in [2.24, 2.45) is 11.8 Å². The van der Waals surface area contributed by atoms with Gasteiger partial charge in [0, 0.05) is 0 Å². The fourth-order valence-corrected chi connectivity index (χ4v) is 7.09. The van der Waals surface area contributed by atoms with Gasteiger partial charge in [-0.25, -0.2) is 0 Å². The van der Waals surface area contributed by atoms with Gasteiger partial charge in [0.1, 0.15) is 0 Å². The molecule has 2 fully saturated rings. The molecule has 2 saturated heterocycles. The molecule has 0 saturated carbocycles. The van der Waals surface area contributed by atoms with Crippen LogP contribution in [0.2, 0.25) is 0 Å². The molecule has 2 aliphatic heterocycles. The van der Waals surface area contributed by atoms with Crippen LogP contribution in [0.1, 0.15) is 47.1 Å². The molecule has 1 amide bonds. The molecular formula is C21H32N3O6P. The summed E-state index contributed by atoms with van der Waals surface area (Å²) in [6.45, 7) is 11.3. The molecule has 0 radical (unpaired) electrons. The van der Waals surface area contributed by atoms with Gasteiger partial charge in [-0.15, -0.1) is 0 Å². The second kappa shape index (κ2) is 8.37. The van der Waals surface area contributed by atoms with Gasteiger partial charge in [0.2, 0.25) is 0 Å². The fraction of sp³-hybridized carbons (Fsp3) is 0.571. The van der Waals surface area contributed by atoms with Crippen molar-refractivity contribution < 1.29 is 28.0 Å². The van der Waals surface area contributed by atoms with E-state index in [1.807, 2.05) is 71.9 Å². The maximum absolute atomic E-state index is 13.3. The van der Waals surface area contributed by atoms with E-state index in [0.29, 0.717) is 0 Å². The van der Waals surface area contributed by atoms with E-state index < -0.39 is 37.7 Å². The third-order valence-corrected chi connectivity index (χ3v) is 8.33. The molecule has 10 heteroatoms. The first-order valence-electron chi connectivity index (χ1n) is 10.6. The summed E-state index contributed by atoms with van der Waals surface area (Å²) in [4.78, 5) is 40.1. The van der Waals surface area contributed by atoms with Crippen molar-refractivity contribution in [1.29, 1.82) is 0 Å². The van der Waals surface area contributed by atoms with Crippen LogP contribution in [0.25, 0.3) is 0 Å². The molecular weight excluding hydrogens is 421 g/mol. The number of benzene rings is 1. The van der Waals surface area contributed by atoms with E-state index in [0.717, 1.165) is 5.56 Å². The van der Waals surface area contributed by atoms with Crippen molar-refractivity contribution in [3.05, 3.63) is 35.9 Å². The molecule has 31 heavy (non-hydrogen) atoms. The first kappa shape index (κ1) is 23.4. The van der Waals surface area contributed by atoms with E-state index in [9.17, 15) is 14.4 Å². The summed E-state index contributed by atoms with van der Waals surface area (Å²) in [5.74, 6) is -1.58. The van der Waals surface area contributed by atoms with Crippen LogP contribution in [0.3, 0.4) is 0 Å². The van der Waals surface area contributed by atoms with Crippen LogP contribution in [0.4, 0.5) is 4.79 Å². The monoisotopic (exact) mass is 453 g/mol. The van der Waals surface area contributed by atoms with Gasteiger partial charge in [-0.05, 0) is 0 Å². The van der Waals surface area contributed by atoms with Gasteiger partial charge in [-0.1, -0.05) is 0 Å². The molecule has 172 valence electrons. The Morgan fingerprint density at radius 3 is 1.84 bits per heavy atom. The summed E-state index contributed by atoms with van der Waals surface area (Å²) < 4.78 is 17.1. The molecule has 1 aromatic rings. The molecule has 9 nitrogen and oxygen atoms in total. The number of nitrogens with zero attached hydrogens (tertiary/aromatic N) is 1. The standard InChI is InChI=1S/C21H32N3O6P/c1-13(2)17-19(25)28-31(22-17,23-18(14(3)4)20(26)29-31)30-21(27)24(15(5)6)12-16-10-8-7-9-11-16/h7-11,13-15,17-18,22-23H,12H2,1-6H3/t17-,18-/m0/s1. The SMILES string of the molecule is CC(C)[C@@H]1NP2(OC(=O)N(Cc3ccccc3)C(C)C)(N[C@@H](C(C)C)C(=O)O2)OC1=O. The number of carbonyl (C=O) groups excluding carboxylic acids is 3. The summed E-state index contributed by atoms with van der Waals surface area (Å²) in [5.41, 5.74) is 0.910. The predicted octanol–water partition coefficient (Wildman–Crippen LogP) is 3.50. The summed E-state index contributed by atoms with van der Waals surface area (Å²) in [5, 5.41) is 5.94. The van der Waals surface area contributed by atoms with Crippen LogP contribution in [0.15, 0.2) is 30.3 Å². The van der Waals surface area contributed by atoms with Crippen LogP contribution < -0.4 is 10.2 Å². The first-order valence-corrected chi connectivity index (χ1v) is 12.6. The minimum atomic E-state index is -4.78. The van der Waals surface area contributed by atoms with E-state index >= 15 is 0 Å². The number of carbonyl (C=O) groups is 3. The maximum atomic E-state index is 13.3. The average molecular weight is 453 g/mol. The van der Waals surface area contributed by atoms with Gasteiger partial charge in [0.05, 0.1) is 0 Å². The second-order valence-electron chi connectivity index (χ2n) is 8.97. The van der Waals surface area contributed by atoms with Crippen molar-refractivity contribution in [3.8, 4) is 0 Å². The van der Waals surface area contributed by atoms with Crippen molar-refractivity contribution in [2.75, 3.05) is 0 Å². The van der Waals surface area contributed by atoms with Crippen molar-refractivity contribution in [3.63, 3.8) is 0 Å². The Morgan fingerprint density at radius 2 is 1.45 bits per heavy atom. The summed E-state index contributed by atoms with van der Waals surface area (Å²) in [6.07, 6.45) is -0.745. The second-order valence-corrected chi connectivity index (χ2v) is 11.8. The summed E-state index contributed by atoms with van der Waals surface area (Å²) in [7, 11) is -4.78. The minimum absolute atomic E-state index is 0.170. The molecule has 0 unspecified atom stereocenters. The Hall–Kier alpha value is -2.22. The molecule has 3 rings (SSSR count). The van der Waals surface area contributed by atoms with Gasteiger partial charge in [0.25, 0.3) is 0 Å². The summed E-state index contributed by atoms with van der Waals surface area (Å²) in [6, 6.07) is 7.69. The molecule has 2 heterocycles. The fourth-order valence-electron chi connectivity index (χ4n) is 3.55. The molecule has 0 bridgehead atoms. The zero-order valence-corrected chi connectivity index (χ0v) is 19.7. The van der Waals surface area contributed by atoms with E-state index in [1.165, 1.54) is 4.90 Å². The van der Waals surface area contributed by atoms with Crippen LogP contribution in [0.5, 0.6) is 0 Å². The van der Waals surface area contributed by atoms with Crippen molar-refractivity contribution in [2.45, 2.75) is 66.2 Å². The Morgan fingerprint density at radius 1 is 0.968 bits per heavy atom.